The smallest absolute Gasteiger partial charge is 0.248 e. The molecule has 1 aromatic heterocycles. The van der Waals surface area contributed by atoms with Crippen LogP contribution in [0.2, 0.25) is 0 Å². The molecule has 1 heterocycles. The number of hydrogen-bond donors (Lipinski definition) is 2. The van der Waals surface area contributed by atoms with Crippen LogP contribution in [0.5, 0.6) is 0 Å². The van der Waals surface area contributed by atoms with Gasteiger partial charge in [0.05, 0.1) is 11.0 Å². The summed E-state index contributed by atoms with van der Waals surface area (Å²) in [6.45, 7) is 0.634. The van der Waals surface area contributed by atoms with Crippen molar-refractivity contribution in [2.24, 2.45) is 12.8 Å². The van der Waals surface area contributed by atoms with Crippen LogP contribution in [0.3, 0.4) is 0 Å². The molecule has 0 atom stereocenters. The molecule has 1 aliphatic carbocycles. The average Bonchev–Trinajstić information content (AvgIpc) is 3.38. The molecule has 0 unspecified atom stereocenters. The number of rotatable bonds is 5. The minimum Gasteiger partial charge on any atom is -0.381 e. The van der Waals surface area contributed by atoms with Gasteiger partial charge < -0.3 is 15.6 Å². The SMILES string of the molecule is Cn1c(C2CC2)nc2cc(NCc3cccc(C(N)=O)c3)ccc21. The monoisotopic (exact) mass is 320 g/mol. The van der Waals surface area contributed by atoms with E-state index < -0.39 is 5.91 Å². The Morgan fingerprint density at radius 2 is 2.12 bits per heavy atom. The summed E-state index contributed by atoms with van der Waals surface area (Å²) in [6, 6.07) is 13.6. The molecule has 5 heteroatoms. The number of nitrogens with zero attached hydrogens (tertiary/aromatic N) is 2. The molecule has 0 radical (unpaired) electrons. The highest BCUT2D eigenvalue weighted by Crippen LogP contribution is 2.40. The number of carbonyl (C=O) groups excluding carboxylic acids is 1. The molecule has 24 heavy (non-hydrogen) atoms. The van der Waals surface area contributed by atoms with Crippen LogP contribution >= 0.6 is 0 Å². The largest absolute Gasteiger partial charge is 0.381 e. The van der Waals surface area contributed by atoms with Crippen LogP contribution in [-0.2, 0) is 13.6 Å². The van der Waals surface area contributed by atoms with Gasteiger partial charge in [0.25, 0.3) is 0 Å². The Morgan fingerprint density at radius 1 is 1.29 bits per heavy atom. The Balaban J connectivity index is 1.54. The van der Waals surface area contributed by atoms with Crippen molar-refractivity contribution < 1.29 is 4.79 Å². The number of aryl methyl sites for hydroxylation is 1. The number of hydrogen-bond acceptors (Lipinski definition) is 3. The molecule has 122 valence electrons. The fourth-order valence-electron chi connectivity index (χ4n) is 3.07. The third-order valence-corrected chi connectivity index (χ3v) is 4.57. The van der Waals surface area contributed by atoms with Crippen molar-refractivity contribution in [2.45, 2.75) is 25.3 Å². The summed E-state index contributed by atoms with van der Waals surface area (Å²) in [7, 11) is 2.09. The zero-order valence-electron chi connectivity index (χ0n) is 13.6. The van der Waals surface area contributed by atoms with E-state index in [1.807, 2.05) is 18.2 Å². The van der Waals surface area contributed by atoms with E-state index in [1.165, 1.54) is 18.7 Å². The predicted octanol–water partition coefficient (Wildman–Crippen LogP) is 3.16. The van der Waals surface area contributed by atoms with E-state index in [0.717, 1.165) is 22.3 Å². The van der Waals surface area contributed by atoms with Crippen molar-refractivity contribution in [1.29, 1.82) is 0 Å². The quantitative estimate of drug-likeness (QED) is 0.758. The van der Waals surface area contributed by atoms with Gasteiger partial charge in [0, 0.05) is 30.8 Å². The lowest BCUT2D eigenvalue weighted by Crippen LogP contribution is -2.11. The second-order valence-electron chi connectivity index (χ2n) is 6.42. The molecule has 5 nitrogen and oxygen atoms in total. The molecule has 1 fully saturated rings. The van der Waals surface area contributed by atoms with Crippen LogP contribution in [0.4, 0.5) is 5.69 Å². The van der Waals surface area contributed by atoms with Gasteiger partial charge in [-0.3, -0.25) is 4.79 Å². The maximum atomic E-state index is 11.3. The lowest BCUT2D eigenvalue weighted by Gasteiger charge is -2.07. The van der Waals surface area contributed by atoms with E-state index in [-0.39, 0.29) is 0 Å². The van der Waals surface area contributed by atoms with Crippen molar-refractivity contribution in [3.63, 3.8) is 0 Å². The lowest BCUT2D eigenvalue weighted by atomic mass is 10.1. The number of primary amides is 1. The molecular formula is C19H20N4O. The standard InChI is InChI=1S/C19H20N4O/c1-23-17-8-7-15(10-16(17)22-19(23)13-5-6-13)21-11-12-3-2-4-14(9-12)18(20)24/h2-4,7-10,13,21H,5-6,11H2,1H3,(H2,20,24). The van der Waals surface area contributed by atoms with Gasteiger partial charge in [0.1, 0.15) is 5.82 Å². The lowest BCUT2D eigenvalue weighted by molar-refractivity contribution is 0.1000. The minimum absolute atomic E-state index is 0.403. The minimum atomic E-state index is -0.403. The number of amides is 1. The molecule has 1 saturated carbocycles. The highest BCUT2D eigenvalue weighted by atomic mass is 16.1. The van der Waals surface area contributed by atoms with Crippen LogP contribution in [-0.4, -0.2) is 15.5 Å². The zero-order chi connectivity index (χ0) is 16.7. The number of fused-ring (bicyclic) bond motifs is 1. The van der Waals surface area contributed by atoms with E-state index in [1.54, 1.807) is 6.07 Å². The van der Waals surface area contributed by atoms with E-state index >= 15 is 0 Å². The van der Waals surface area contributed by atoms with Gasteiger partial charge in [0.15, 0.2) is 0 Å². The molecule has 1 aliphatic rings. The van der Waals surface area contributed by atoms with Crippen LogP contribution in [0.1, 0.15) is 40.5 Å². The first-order valence-corrected chi connectivity index (χ1v) is 8.21. The van der Waals surface area contributed by atoms with Gasteiger partial charge in [-0.15, -0.1) is 0 Å². The molecule has 3 N–H and O–H groups in total. The molecule has 4 rings (SSSR count). The fourth-order valence-corrected chi connectivity index (χ4v) is 3.07. The molecule has 0 bridgehead atoms. The summed E-state index contributed by atoms with van der Waals surface area (Å²) in [6.07, 6.45) is 2.50. The van der Waals surface area contributed by atoms with E-state index in [0.29, 0.717) is 18.0 Å². The van der Waals surface area contributed by atoms with Gasteiger partial charge in [0.2, 0.25) is 5.91 Å². The van der Waals surface area contributed by atoms with Crippen molar-refractivity contribution >= 4 is 22.6 Å². The third-order valence-electron chi connectivity index (χ3n) is 4.57. The van der Waals surface area contributed by atoms with Crippen LogP contribution < -0.4 is 11.1 Å². The van der Waals surface area contributed by atoms with Gasteiger partial charge >= 0.3 is 0 Å². The molecule has 3 aromatic rings. The maximum Gasteiger partial charge on any atom is 0.248 e. The fraction of sp³-hybridized carbons (Fsp3) is 0.263. The number of nitrogens with one attached hydrogen (secondary N) is 1. The van der Waals surface area contributed by atoms with E-state index in [4.69, 9.17) is 10.7 Å². The Hall–Kier alpha value is -2.82. The topological polar surface area (TPSA) is 72.9 Å². The van der Waals surface area contributed by atoms with Crippen molar-refractivity contribution in [1.82, 2.24) is 9.55 Å². The highest BCUT2D eigenvalue weighted by molar-refractivity contribution is 5.92. The van der Waals surface area contributed by atoms with Gasteiger partial charge in [-0.1, -0.05) is 12.1 Å². The molecule has 0 spiro atoms. The number of imidazole rings is 1. The number of aromatic nitrogens is 2. The third kappa shape index (κ3) is 2.73. The molecule has 0 saturated heterocycles. The number of carbonyl (C=O) groups is 1. The summed E-state index contributed by atoms with van der Waals surface area (Å²) >= 11 is 0. The van der Waals surface area contributed by atoms with Crippen molar-refractivity contribution in [2.75, 3.05) is 5.32 Å². The second-order valence-corrected chi connectivity index (χ2v) is 6.42. The first-order valence-electron chi connectivity index (χ1n) is 8.21. The maximum absolute atomic E-state index is 11.3. The van der Waals surface area contributed by atoms with Crippen LogP contribution in [0.15, 0.2) is 42.5 Å². The summed E-state index contributed by atoms with van der Waals surface area (Å²) < 4.78 is 2.20. The van der Waals surface area contributed by atoms with Crippen LogP contribution in [0, 0.1) is 0 Å². The molecule has 1 amide bonds. The number of benzene rings is 2. The average molecular weight is 320 g/mol. The normalized spacial score (nSPS) is 14.0. The van der Waals surface area contributed by atoms with Crippen LogP contribution in [0.25, 0.3) is 11.0 Å². The Bertz CT molecular complexity index is 924. The number of anilines is 1. The van der Waals surface area contributed by atoms with E-state index in [2.05, 4.69) is 35.1 Å². The Morgan fingerprint density at radius 3 is 2.88 bits per heavy atom. The van der Waals surface area contributed by atoms with E-state index in [9.17, 15) is 4.79 Å². The highest BCUT2D eigenvalue weighted by Gasteiger charge is 2.28. The van der Waals surface area contributed by atoms with Gasteiger partial charge in [-0.05, 0) is 48.7 Å². The van der Waals surface area contributed by atoms with Crippen molar-refractivity contribution in [3.8, 4) is 0 Å². The summed E-state index contributed by atoms with van der Waals surface area (Å²) in [4.78, 5) is 16.0. The first kappa shape index (κ1) is 14.8. The Kier molecular flexibility index (Phi) is 3.49. The first-order chi connectivity index (χ1) is 11.6. The zero-order valence-corrected chi connectivity index (χ0v) is 13.6. The van der Waals surface area contributed by atoms with Crippen molar-refractivity contribution in [3.05, 3.63) is 59.4 Å². The molecule has 0 aliphatic heterocycles. The van der Waals surface area contributed by atoms with Gasteiger partial charge in [-0.2, -0.15) is 0 Å². The summed E-state index contributed by atoms with van der Waals surface area (Å²) in [5, 5.41) is 3.39. The second kappa shape index (κ2) is 5.67. The predicted molar refractivity (Wildman–Crippen MR) is 95.0 cm³/mol. The molecule has 2 aromatic carbocycles. The Labute approximate surface area is 140 Å². The molecular weight excluding hydrogens is 300 g/mol. The van der Waals surface area contributed by atoms with Gasteiger partial charge in [-0.25, -0.2) is 4.98 Å². The number of nitrogens with two attached hydrogens (primary N) is 1. The summed E-state index contributed by atoms with van der Waals surface area (Å²) in [5.41, 5.74) is 10.1. The summed E-state index contributed by atoms with van der Waals surface area (Å²) in [5.74, 6) is 1.42.